The summed E-state index contributed by atoms with van der Waals surface area (Å²) in [5.74, 6) is 5.62. The SMILES string of the molecule is COC(=O)c1cccc(N)c1C#CC1(C)C(Cc2ccccc2)CCN1C(=O)O. The van der Waals surface area contributed by atoms with Crippen molar-refractivity contribution < 1.29 is 19.4 Å². The average Bonchev–Trinajstić information content (AvgIpc) is 3.03. The smallest absolute Gasteiger partial charge is 0.408 e. The van der Waals surface area contributed by atoms with Crippen LogP contribution in [0.5, 0.6) is 0 Å². The second kappa shape index (κ2) is 8.27. The van der Waals surface area contributed by atoms with Crippen molar-refractivity contribution in [2.24, 2.45) is 5.92 Å². The van der Waals surface area contributed by atoms with Crippen LogP contribution in [0.4, 0.5) is 10.5 Å². The van der Waals surface area contributed by atoms with E-state index in [4.69, 9.17) is 10.5 Å². The summed E-state index contributed by atoms with van der Waals surface area (Å²) in [5, 5.41) is 9.72. The molecule has 0 saturated carbocycles. The number of nitrogens with zero attached hydrogens (tertiary/aromatic N) is 1. The summed E-state index contributed by atoms with van der Waals surface area (Å²) in [7, 11) is 1.29. The van der Waals surface area contributed by atoms with Gasteiger partial charge < -0.3 is 15.6 Å². The molecule has 0 radical (unpaired) electrons. The standard InChI is InChI=1S/C23H24N2O4/c1-23(13-11-18-19(21(26)29-2)9-6-10-20(18)24)17(12-14-25(23)22(27)28)15-16-7-4-3-5-8-16/h3-10,17H,12,14-15,24H2,1-2H3,(H,27,28). The van der Waals surface area contributed by atoms with Crippen LogP contribution in [-0.2, 0) is 11.2 Å². The molecule has 6 heteroatoms. The van der Waals surface area contributed by atoms with Crippen LogP contribution in [0.2, 0.25) is 0 Å². The van der Waals surface area contributed by atoms with Crippen LogP contribution in [0.3, 0.4) is 0 Å². The molecule has 29 heavy (non-hydrogen) atoms. The number of likely N-dealkylation sites (tertiary alicyclic amines) is 1. The Hall–Kier alpha value is -3.46. The van der Waals surface area contributed by atoms with Crippen LogP contribution in [0.25, 0.3) is 0 Å². The van der Waals surface area contributed by atoms with Crippen LogP contribution in [0, 0.1) is 17.8 Å². The summed E-state index contributed by atoms with van der Waals surface area (Å²) in [5.41, 5.74) is 7.26. The maximum atomic E-state index is 12.1. The third-order valence-corrected chi connectivity index (χ3v) is 5.56. The first kappa shape index (κ1) is 20.3. The summed E-state index contributed by atoms with van der Waals surface area (Å²) in [4.78, 5) is 25.3. The lowest BCUT2D eigenvalue weighted by atomic mass is 9.82. The zero-order valence-electron chi connectivity index (χ0n) is 16.5. The Morgan fingerprint density at radius 1 is 1.24 bits per heavy atom. The minimum Gasteiger partial charge on any atom is -0.465 e. The Morgan fingerprint density at radius 2 is 1.97 bits per heavy atom. The highest BCUT2D eigenvalue weighted by Crippen LogP contribution is 2.37. The van der Waals surface area contributed by atoms with Gasteiger partial charge in [-0.05, 0) is 43.4 Å². The normalized spacial score (nSPS) is 20.6. The number of carboxylic acid groups (broad SMARTS) is 1. The lowest BCUT2D eigenvalue weighted by Crippen LogP contribution is -2.47. The van der Waals surface area contributed by atoms with E-state index in [1.807, 2.05) is 37.3 Å². The first-order valence-electron chi connectivity index (χ1n) is 9.41. The zero-order chi connectivity index (χ0) is 21.0. The molecule has 1 fully saturated rings. The molecule has 1 aliphatic rings. The van der Waals surface area contributed by atoms with Gasteiger partial charge in [0.2, 0.25) is 0 Å². The van der Waals surface area contributed by atoms with E-state index in [0.717, 1.165) is 5.56 Å². The van der Waals surface area contributed by atoms with Gasteiger partial charge in [-0.1, -0.05) is 48.2 Å². The molecule has 0 bridgehead atoms. The predicted octanol–water partition coefficient (Wildman–Crippen LogP) is 3.41. The Labute approximate surface area is 170 Å². The summed E-state index contributed by atoms with van der Waals surface area (Å²) >= 11 is 0. The first-order valence-corrected chi connectivity index (χ1v) is 9.41. The van der Waals surface area contributed by atoms with Gasteiger partial charge >= 0.3 is 12.1 Å². The Morgan fingerprint density at radius 3 is 2.62 bits per heavy atom. The van der Waals surface area contributed by atoms with E-state index in [0.29, 0.717) is 30.6 Å². The number of anilines is 1. The molecule has 0 aromatic heterocycles. The molecule has 150 valence electrons. The van der Waals surface area contributed by atoms with E-state index < -0.39 is 17.6 Å². The first-order chi connectivity index (χ1) is 13.9. The number of rotatable bonds is 3. The van der Waals surface area contributed by atoms with Crippen molar-refractivity contribution in [3.8, 4) is 11.8 Å². The molecule has 2 unspecified atom stereocenters. The fourth-order valence-electron chi connectivity index (χ4n) is 3.86. The minimum atomic E-state index is -1.01. The van der Waals surface area contributed by atoms with Gasteiger partial charge in [0.25, 0.3) is 0 Å². The molecule has 3 N–H and O–H groups in total. The van der Waals surface area contributed by atoms with Gasteiger partial charge in [0.05, 0.1) is 18.2 Å². The van der Waals surface area contributed by atoms with Crippen molar-refractivity contribution in [3.05, 3.63) is 65.2 Å². The Balaban J connectivity index is 2.02. The topological polar surface area (TPSA) is 92.9 Å². The van der Waals surface area contributed by atoms with Crippen LogP contribution >= 0.6 is 0 Å². The second-order valence-electron chi connectivity index (χ2n) is 7.27. The molecule has 2 aromatic rings. The number of hydrogen-bond acceptors (Lipinski definition) is 4. The molecule has 0 aliphatic carbocycles. The fourth-order valence-corrected chi connectivity index (χ4v) is 3.86. The van der Waals surface area contributed by atoms with E-state index in [-0.39, 0.29) is 11.5 Å². The summed E-state index contributed by atoms with van der Waals surface area (Å²) in [6.07, 6.45) is 0.413. The molecular formula is C23H24N2O4. The molecule has 0 spiro atoms. The van der Waals surface area contributed by atoms with Gasteiger partial charge in [0.1, 0.15) is 5.54 Å². The number of nitrogen functional groups attached to an aromatic ring is 1. The number of nitrogens with two attached hydrogens (primary N) is 1. The number of ether oxygens (including phenoxy) is 1. The number of hydrogen-bond donors (Lipinski definition) is 2. The number of carbonyl (C=O) groups is 2. The van der Waals surface area contributed by atoms with Crippen molar-refractivity contribution in [3.63, 3.8) is 0 Å². The second-order valence-corrected chi connectivity index (χ2v) is 7.27. The molecule has 2 atom stereocenters. The monoisotopic (exact) mass is 392 g/mol. The van der Waals surface area contributed by atoms with Gasteiger partial charge in [-0.3, -0.25) is 4.90 Å². The third-order valence-electron chi connectivity index (χ3n) is 5.56. The number of methoxy groups -OCH3 is 1. The van der Waals surface area contributed by atoms with E-state index in [9.17, 15) is 14.7 Å². The average molecular weight is 392 g/mol. The van der Waals surface area contributed by atoms with Crippen molar-refractivity contribution in [2.45, 2.75) is 25.3 Å². The Bertz CT molecular complexity index is 977. The lowest BCUT2D eigenvalue weighted by molar-refractivity contribution is 0.0600. The third kappa shape index (κ3) is 4.04. The van der Waals surface area contributed by atoms with Gasteiger partial charge in [0.15, 0.2) is 0 Å². The van der Waals surface area contributed by atoms with E-state index in [2.05, 4.69) is 11.8 Å². The molecule has 6 nitrogen and oxygen atoms in total. The van der Waals surface area contributed by atoms with E-state index >= 15 is 0 Å². The molecule has 2 aromatic carbocycles. The van der Waals surface area contributed by atoms with Crippen LogP contribution < -0.4 is 5.73 Å². The molecule has 3 rings (SSSR count). The molecule has 1 aliphatic heterocycles. The summed E-state index contributed by atoms with van der Waals surface area (Å²) in [6, 6.07) is 14.9. The largest absolute Gasteiger partial charge is 0.465 e. The molecule has 1 saturated heterocycles. The van der Waals surface area contributed by atoms with Crippen LogP contribution in [0.1, 0.15) is 34.8 Å². The van der Waals surface area contributed by atoms with Gasteiger partial charge in [-0.15, -0.1) is 0 Å². The van der Waals surface area contributed by atoms with Crippen molar-refractivity contribution in [1.82, 2.24) is 4.90 Å². The van der Waals surface area contributed by atoms with Crippen molar-refractivity contribution in [2.75, 3.05) is 19.4 Å². The molecule has 1 amide bonds. The number of carbonyl (C=O) groups excluding carboxylic acids is 1. The van der Waals surface area contributed by atoms with Gasteiger partial charge in [-0.2, -0.15) is 0 Å². The van der Waals surface area contributed by atoms with Crippen LogP contribution in [-0.4, -0.2) is 41.3 Å². The minimum absolute atomic E-state index is 0.0139. The molecular weight excluding hydrogens is 368 g/mol. The summed E-state index contributed by atoms with van der Waals surface area (Å²) < 4.78 is 4.82. The zero-order valence-corrected chi connectivity index (χ0v) is 16.5. The highest BCUT2D eigenvalue weighted by atomic mass is 16.5. The van der Waals surface area contributed by atoms with Crippen molar-refractivity contribution >= 4 is 17.7 Å². The van der Waals surface area contributed by atoms with Crippen LogP contribution in [0.15, 0.2) is 48.5 Å². The summed E-state index contributed by atoms with van der Waals surface area (Å²) in [6.45, 7) is 2.25. The highest BCUT2D eigenvalue weighted by molar-refractivity contribution is 5.94. The van der Waals surface area contributed by atoms with Gasteiger partial charge in [-0.25, -0.2) is 9.59 Å². The highest BCUT2D eigenvalue weighted by Gasteiger charge is 2.46. The van der Waals surface area contributed by atoms with Crippen molar-refractivity contribution in [1.29, 1.82) is 0 Å². The quantitative estimate of drug-likeness (QED) is 0.474. The number of amides is 1. The van der Waals surface area contributed by atoms with Gasteiger partial charge in [0, 0.05) is 12.2 Å². The molecule has 1 heterocycles. The predicted molar refractivity (Wildman–Crippen MR) is 110 cm³/mol. The van der Waals surface area contributed by atoms with E-state index in [1.165, 1.54) is 12.0 Å². The maximum Gasteiger partial charge on any atom is 0.408 e. The number of benzene rings is 2. The lowest BCUT2D eigenvalue weighted by Gasteiger charge is -2.33. The van der Waals surface area contributed by atoms with E-state index in [1.54, 1.807) is 18.2 Å². The number of esters is 1. The Kier molecular flexibility index (Phi) is 5.79. The maximum absolute atomic E-state index is 12.1. The fraction of sp³-hybridized carbons (Fsp3) is 0.304.